The number of thiophene rings is 1. The largest absolute Gasteiger partial charge is 0.391 e. The first-order valence-electron chi connectivity index (χ1n) is 3.70. The van der Waals surface area contributed by atoms with Crippen LogP contribution in [-0.4, -0.2) is 14.2 Å². The molecule has 66 valence electrons. The molecule has 1 aliphatic heterocycles. The Bertz CT molecular complexity index is 405. The molecular weight excluding hydrogens is 194 g/mol. The summed E-state index contributed by atoms with van der Waals surface area (Å²) in [5.74, 6) is 0.278. The zero-order valence-electron chi connectivity index (χ0n) is 6.41. The SMILES string of the molecule is Nc1cc2c(s1)S(=O)(=O)CCC2. The quantitative estimate of drug-likeness (QED) is 0.685. The van der Waals surface area contributed by atoms with Crippen LogP contribution in [0.5, 0.6) is 0 Å². The monoisotopic (exact) mass is 203 g/mol. The van der Waals surface area contributed by atoms with Crippen molar-refractivity contribution in [1.82, 2.24) is 0 Å². The molecule has 1 aromatic heterocycles. The molecule has 0 fully saturated rings. The molecule has 2 rings (SSSR count). The van der Waals surface area contributed by atoms with E-state index in [1.807, 2.05) is 0 Å². The zero-order valence-corrected chi connectivity index (χ0v) is 8.04. The van der Waals surface area contributed by atoms with Crippen LogP contribution in [0.4, 0.5) is 5.00 Å². The van der Waals surface area contributed by atoms with Crippen LogP contribution in [0.1, 0.15) is 12.0 Å². The molecule has 3 nitrogen and oxygen atoms in total. The molecular formula is C7H9NO2S2. The second-order valence-electron chi connectivity index (χ2n) is 2.88. The normalized spacial score (nSPS) is 20.3. The number of anilines is 1. The van der Waals surface area contributed by atoms with Gasteiger partial charge in [-0.25, -0.2) is 8.42 Å². The van der Waals surface area contributed by atoms with Gasteiger partial charge in [0.15, 0.2) is 9.84 Å². The molecule has 0 aliphatic carbocycles. The summed E-state index contributed by atoms with van der Waals surface area (Å²) < 4.78 is 23.4. The third kappa shape index (κ3) is 1.13. The first-order valence-corrected chi connectivity index (χ1v) is 6.17. The highest BCUT2D eigenvalue weighted by Gasteiger charge is 2.25. The molecule has 2 heterocycles. The number of aryl methyl sites for hydroxylation is 1. The number of hydrogen-bond acceptors (Lipinski definition) is 4. The van der Waals surface area contributed by atoms with E-state index in [2.05, 4.69) is 0 Å². The lowest BCUT2D eigenvalue weighted by Gasteiger charge is -2.10. The summed E-state index contributed by atoms with van der Waals surface area (Å²) in [6, 6.07) is 1.77. The fraction of sp³-hybridized carbons (Fsp3) is 0.429. The minimum absolute atomic E-state index is 0.278. The first-order chi connectivity index (χ1) is 5.59. The van der Waals surface area contributed by atoms with Crippen LogP contribution in [-0.2, 0) is 16.3 Å². The molecule has 0 radical (unpaired) electrons. The van der Waals surface area contributed by atoms with E-state index in [0.29, 0.717) is 9.21 Å². The number of rotatable bonds is 0. The Morgan fingerprint density at radius 1 is 1.50 bits per heavy atom. The first kappa shape index (κ1) is 8.07. The highest BCUT2D eigenvalue weighted by molar-refractivity contribution is 7.93. The van der Waals surface area contributed by atoms with Crippen LogP contribution in [0.15, 0.2) is 10.3 Å². The molecule has 12 heavy (non-hydrogen) atoms. The van der Waals surface area contributed by atoms with Gasteiger partial charge < -0.3 is 5.73 Å². The van der Waals surface area contributed by atoms with E-state index >= 15 is 0 Å². The van der Waals surface area contributed by atoms with Crippen LogP contribution in [0.3, 0.4) is 0 Å². The van der Waals surface area contributed by atoms with Crippen molar-refractivity contribution < 1.29 is 8.42 Å². The fourth-order valence-electron chi connectivity index (χ4n) is 1.42. The molecule has 2 N–H and O–H groups in total. The third-order valence-corrected chi connectivity index (χ3v) is 5.40. The van der Waals surface area contributed by atoms with Crippen molar-refractivity contribution in [2.75, 3.05) is 11.5 Å². The minimum Gasteiger partial charge on any atom is -0.391 e. The molecule has 0 bridgehead atoms. The van der Waals surface area contributed by atoms with Crippen molar-refractivity contribution in [3.05, 3.63) is 11.6 Å². The summed E-state index contributed by atoms with van der Waals surface area (Å²) in [6.45, 7) is 0. The van der Waals surface area contributed by atoms with Gasteiger partial charge in [-0.15, -0.1) is 11.3 Å². The zero-order chi connectivity index (χ0) is 8.77. The van der Waals surface area contributed by atoms with E-state index < -0.39 is 9.84 Å². The van der Waals surface area contributed by atoms with Crippen LogP contribution >= 0.6 is 11.3 Å². The predicted molar refractivity (Wildman–Crippen MR) is 49.1 cm³/mol. The standard InChI is InChI=1S/C7H9NO2S2/c8-6-4-5-2-1-3-12(9,10)7(5)11-6/h4H,1-3,8H2. The predicted octanol–water partition coefficient (Wildman–Crippen LogP) is 1.05. The maximum Gasteiger partial charge on any atom is 0.188 e. The highest BCUT2D eigenvalue weighted by Crippen LogP contribution is 2.34. The van der Waals surface area contributed by atoms with Crippen molar-refractivity contribution in [3.63, 3.8) is 0 Å². The van der Waals surface area contributed by atoms with E-state index in [1.54, 1.807) is 6.07 Å². The van der Waals surface area contributed by atoms with Crippen LogP contribution in [0.25, 0.3) is 0 Å². The third-order valence-electron chi connectivity index (χ3n) is 1.93. The van der Waals surface area contributed by atoms with Gasteiger partial charge in [-0.1, -0.05) is 0 Å². The molecule has 0 saturated carbocycles. The minimum atomic E-state index is -2.98. The van der Waals surface area contributed by atoms with Gasteiger partial charge in [0.05, 0.1) is 10.8 Å². The van der Waals surface area contributed by atoms with Crippen LogP contribution in [0, 0.1) is 0 Å². The Balaban J connectivity index is 2.67. The smallest absolute Gasteiger partial charge is 0.188 e. The Morgan fingerprint density at radius 3 is 2.92 bits per heavy atom. The molecule has 0 unspecified atom stereocenters. The summed E-state index contributed by atoms with van der Waals surface area (Å²) in [4.78, 5) is 0. The number of nitrogens with two attached hydrogens (primary N) is 1. The Morgan fingerprint density at radius 2 is 2.25 bits per heavy atom. The summed E-state index contributed by atoms with van der Waals surface area (Å²) in [5, 5.41) is 0.602. The van der Waals surface area contributed by atoms with E-state index in [-0.39, 0.29) is 5.75 Å². The topological polar surface area (TPSA) is 60.2 Å². The van der Waals surface area contributed by atoms with E-state index in [0.717, 1.165) is 18.4 Å². The molecule has 0 saturated heterocycles. The number of sulfone groups is 1. The molecule has 0 amide bonds. The van der Waals surface area contributed by atoms with Gasteiger partial charge in [-0.3, -0.25) is 0 Å². The lowest BCUT2D eigenvalue weighted by atomic mass is 10.2. The molecule has 1 aromatic rings. The van der Waals surface area contributed by atoms with E-state index in [1.165, 1.54) is 11.3 Å². The average molecular weight is 203 g/mol. The summed E-state index contributed by atoms with van der Waals surface area (Å²) >= 11 is 1.19. The van der Waals surface area contributed by atoms with Gasteiger partial charge in [-0.05, 0) is 24.5 Å². The average Bonchev–Trinajstić information content (AvgIpc) is 2.30. The van der Waals surface area contributed by atoms with Gasteiger partial charge >= 0.3 is 0 Å². The van der Waals surface area contributed by atoms with Gasteiger partial charge in [0.1, 0.15) is 4.21 Å². The lowest BCUT2D eigenvalue weighted by Crippen LogP contribution is -2.13. The van der Waals surface area contributed by atoms with E-state index in [9.17, 15) is 8.42 Å². The van der Waals surface area contributed by atoms with Crippen LogP contribution < -0.4 is 5.73 Å². The van der Waals surface area contributed by atoms with Crippen LogP contribution in [0.2, 0.25) is 0 Å². The molecule has 5 heteroatoms. The van der Waals surface area contributed by atoms with Crippen molar-refractivity contribution in [3.8, 4) is 0 Å². The lowest BCUT2D eigenvalue weighted by molar-refractivity contribution is 0.589. The Hall–Kier alpha value is -0.550. The number of fused-ring (bicyclic) bond motifs is 1. The second kappa shape index (κ2) is 2.47. The molecule has 0 spiro atoms. The van der Waals surface area contributed by atoms with Gasteiger partial charge in [0.2, 0.25) is 0 Å². The molecule has 1 aliphatic rings. The van der Waals surface area contributed by atoms with Crippen molar-refractivity contribution in [1.29, 1.82) is 0 Å². The molecule has 0 atom stereocenters. The van der Waals surface area contributed by atoms with Crippen molar-refractivity contribution >= 4 is 26.2 Å². The maximum atomic E-state index is 11.4. The summed E-state index contributed by atoms with van der Waals surface area (Å²) in [5.41, 5.74) is 6.44. The highest BCUT2D eigenvalue weighted by atomic mass is 32.2. The number of nitrogen functional groups attached to an aromatic ring is 1. The van der Waals surface area contributed by atoms with Gasteiger partial charge in [-0.2, -0.15) is 0 Å². The summed E-state index contributed by atoms with van der Waals surface area (Å²) in [7, 11) is -2.98. The second-order valence-corrected chi connectivity index (χ2v) is 6.27. The van der Waals surface area contributed by atoms with Crippen molar-refractivity contribution in [2.45, 2.75) is 17.1 Å². The Kier molecular flexibility index (Phi) is 1.66. The fourth-order valence-corrected chi connectivity index (χ4v) is 4.44. The van der Waals surface area contributed by atoms with Gasteiger partial charge in [0.25, 0.3) is 0 Å². The maximum absolute atomic E-state index is 11.4. The number of hydrogen-bond donors (Lipinski definition) is 1. The van der Waals surface area contributed by atoms with Crippen molar-refractivity contribution in [2.24, 2.45) is 0 Å². The molecule has 0 aromatic carbocycles. The summed E-state index contributed by atoms with van der Waals surface area (Å²) in [6.07, 6.45) is 1.58. The Labute approximate surface area is 75.1 Å². The van der Waals surface area contributed by atoms with E-state index in [4.69, 9.17) is 5.73 Å². The van der Waals surface area contributed by atoms with Gasteiger partial charge in [0, 0.05) is 0 Å².